The topological polar surface area (TPSA) is 158 Å². The number of nitrogens with one attached hydrogen (secondary N) is 1. The Morgan fingerprint density at radius 3 is 2.41 bits per heavy atom. The van der Waals surface area contributed by atoms with Gasteiger partial charge in [0.2, 0.25) is 0 Å². The largest absolute Gasteiger partial charge is 0.508 e. The fourth-order valence-electron chi connectivity index (χ4n) is 2.79. The Kier molecular flexibility index (Phi) is 6.23. The number of nitrogens with zero attached hydrogens (tertiary/aromatic N) is 3. The van der Waals surface area contributed by atoms with E-state index >= 15 is 0 Å². The molecule has 0 radical (unpaired) electrons. The summed E-state index contributed by atoms with van der Waals surface area (Å²) in [6.45, 7) is 0. The number of sulfone groups is 1. The van der Waals surface area contributed by atoms with Crippen LogP contribution >= 0.6 is 0 Å². The Labute approximate surface area is 193 Å². The molecule has 4 rings (SSSR count). The van der Waals surface area contributed by atoms with Crippen LogP contribution in [0.1, 0.15) is 15.9 Å². The lowest BCUT2D eigenvalue weighted by Crippen LogP contribution is -2.30. The maximum Gasteiger partial charge on any atom is 0.420 e. The number of rotatable bonds is 7. The molecule has 1 heterocycles. The van der Waals surface area contributed by atoms with Gasteiger partial charge in [-0.1, -0.05) is 18.2 Å². The highest BCUT2D eigenvalue weighted by molar-refractivity contribution is 7.91. The second-order valence-corrected chi connectivity index (χ2v) is 8.64. The average molecular weight is 480 g/mol. The summed E-state index contributed by atoms with van der Waals surface area (Å²) in [5.41, 5.74) is 3.27. The summed E-state index contributed by atoms with van der Waals surface area (Å²) in [4.78, 5) is 11.7. The van der Waals surface area contributed by atoms with Gasteiger partial charge in [0.25, 0.3) is 15.7 Å². The zero-order valence-corrected chi connectivity index (χ0v) is 18.0. The molecule has 0 spiro atoms. The molecule has 3 aromatic carbocycles. The summed E-state index contributed by atoms with van der Waals surface area (Å²) in [6, 6.07) is 19.2. The molecule has 0 saturated heterocycles. The summed E-state index contributed by atoms with van der Waals surface area (Å²) < 4.78 is 35.5. The number of hydrogen-bond acceptors (Lipinski definition) is 9. The first-order chi connectivity index (χ1) is 16.3. The van der Waals surface area contributed by atoms with Crippen LogP contribution in [0, 0.1) is 5.21 Å². The number of aromatic hydroxyl groups is 1. The van der Waals surface area contributed by atoms with E-state index in [1.54, 1.807) is 18.2 Å². The first kappa shape index (κ1) is 22.5. The third-order valence-corrected chi connectivity index (χ3v) is 6.18. The van der Waals surface area contributed by atoms with Crippen LogP contribution < -0.4 is 15.1 Å². The minimum absolute atomic E-state index is 0.0443. The zero-order valence-electron chi connectivity index (χ0n) is 17.2. The first-order valence-corrected chi connectivity index (χ1v) is 11.1. The highest BCUT2D eigenvalue weighted by Crippen LogP contribution is 2.28. The summed E-state index contributed by atoms with van der Waals surface area (Å²) in [5.74, 6) is -0.742. The third kappa shape index (κ3) is 4.86. The number of carbonyl (C=O) groups is 1. The van der Waals surface area contributed by atoms with Gasteiger partial charge in [-0.2, -0.15) is 5.10 Å². The molecule has 0 aliphatic carbocycles. The number of phenolic OH excluding ortho intramolecular Hbond substituents is 1. The van der Waals surface area contributed by atoms with E-state index in [0.717, 1.165) is 0 Å². The predicted molar refractivity (Wildman–Crippen MR) is 117 cm³/mol. The van der Waals surface area contributed by atoms with Gasteiger partial charge in [-0.3, -0.25) is 9.42 Å². The number of benzene rings is 3. The van der Waals surface area contributed by atoms with E-state index in [1.807, 2.05) is 0 Å². The predicted octanol–water partition coefficient (Wildman–Crippen LogP) is 2.40. The SMILES string of the molecule is O=C(N/N=C/c1ccc(Oc2no[n+]([O-])c2S(=O)(=O)c2ccccc2)cc1)c1ccc(O)cc1. The van der Waals surface area contributed by atoms with Gasteiger partial charge in [-0.25, -0.2) is 13.8 Å². The van der Waals surface area contributed by atoms with Crippen LogP contribution in [0.4, 0.5) is 0 Å². The van der Waals surface area contributed by atoms with E-state index in [2.05, 4.69) is 20.3 Å². The normalized spacial score (nSPS) is 11.4. The smallest absolute Gasteiger partial charge is 0.420 e. The van der Waals surface area contributed by atoms with Gasteiger partial charge in [-0.15, -0.1) is 0 Å². The molecule has 4 aromatic rings. The van der Waals surface area contributed by atoms with Gasteiger partial charge >= 0.3 is 10.9 Å². The second-order valence-electron chi connectivity index (χ2n) is 6.77. The molecule has 0 fully saturated rings. The van der Waals surface area contributed by atoms with Crippen LogP contribution in [0.3, 0.4) is 0 Å². The number of carbonyl (C=O) groups excluding carboxylic acids is 1. The molecule has 0 unspecified atom stereocenters. The van der Waals surface area contributed by atoms with E-state index in [1.165, 1.54) is 66.9 Å². The Morgan fingerprint density at radius 1 is 1.06 bits per heavy atom. The van der Waals surface area contributed by atoms with Crippen molar-refractivity contribution in [2.75, 3.05) is 0 Å². The van der Waals surface area contributed by atoms with Gasteiger partial charge in [0.05, 0.1) is 16.3 Å². The molecular weight excluding hydrogens is 464 g/mol. The van der Waals surface area contributed by atoms with E-state index < -0.39 is 26.7 Å². The lowest BCUT2D eigenvalue weighted by atomic mass is 10.2. The zero-order chi connectivity index (χ0) is 24.1. The highest BCUT2D eigenvalue weighted by atomic mass is 32.2. The molecule has 1 aromatic heterocycles. The van der Waals surface area contributed by atoms with Crippen molar-refractivity contribution in [1.82, 2.24) is 10.6 Å². The molecule has 172 valence electrons. The fraction of sp³-hybridized carbons (Fsp3) is 0. The number of amides is 1. The van der Waals surface area contributed by atoms with Crippen molar-refractivity contribution in [3.8, 4) is 17.4 Å². The van der Waals surface area contributed by atoms with Crippen molar-refractivity contribution in [3.05, 3.63) is 95.2 Å². The summed E-state index contributed by atoms with van der Waals surface area (Å²) in [5, 5.41) is 27.7. The number of hydrazone groups is 1. The summed E-state index contributed by atoms with van der Waals surface area (Å²) in [6.07, 6.45) is 1.38. The van der Waals surface area contributed by atoms with Crippen LogP contribution in [0.2, 0.25) is 0 Å². The Hall–Kier alpha value is -4.71. The molecule has 0 aliphatic rings. The second kappa shape index (κ2) is 9.42. The minimum Gasteiger partial charge on any atom is -0.508 e. The van der Waals surface area contributed by atoms with Crippen molar-refractivity contribution < 1.29 is 32.6 Å². The third-order valence-electron chi connectivity index (χ3n) is 4.46. The summed E-state index contributed by atoms with van der Waals surface area (Å²) >= 11 is 0. The van der Waals surface area contributed by atoms with Crippen LogP contribution in [0.25, 0.3) is 0 Å². The lowest BCUT2D eigenvalue weighted by Gasteiger charge is -2.03. The molecule has 1 amide bonds. The Bertz CT molecular complexity index is 1430. The molecule has 34 heavy (non-hydrogen) atoms. The van der Waals surface area contributed by atoms with E-state index in [-0.39, 0.29) is 21.3 Å². The van der Waals surface area contributed by atoms with Crippen molar-refractivity contribution in [3.63, 3.8) is 0 Å². The number of hydrogen-bond donors (Lipinski definition) is 2. The van der Waals surface area contributed by atoms with Crippen molar-refractivity contribution in [2.45, 2.75) is 9.92 Å². The molecule has 12 heteroatoms. The van der Waals surface area contributed by atoms with Crippen LogP contribution in [-0.2, 0) is 9.84 Å². The Morgan fingerprint density at radius 2 is 1.74 bits per heavy atom. The molecule has 11 nitrogen and oxygen atoms in total. The van der Waals surface area contributed by atoms with Gasteiger partial charge < -0.3 is 15.1 Å². The van der Waals surface area contributed by atoms with Crippen LogP contribution in [-0.4, -0.2) is 30.8 Å². The van der Waals surface area contributed by atoms with E-state index in [4.69, 9.17) is 4.74 Å². The monoisotopic (exact) mass is 480 g/mol. The fourth-order valence-corrected chi connectivity index (χ4v) is 4.07. The van der Waals surface area contributed by atoms with Gasteiger partial charge in [0, 0.05) is 5.56 Å². The first-order valence-electron chi connectivity index (χ1n) is 9.65. The van der Waals surface area contributed by atoms with Crippen molar-refractivity contribution in [2.24, 2.45) is 5.10 Å². The van der Waals surface area contributed by atoms with Gasteiger partial charge in [0.15, 0.2) is 0 Å². The van der Waals surface area contributed by atoms with Gasteiger partial charge in [-0.05, 0) is 71.1 Å². The minimum atomic E-state index is -4.24. The van der Waals surface area contributed by atoms with Gasteiger partial charge in [0.1, 0.15) is 11.5 Å². The van der Waals surface area contributed by atoms with E-state index in [0.29, 0.717) is 11.1 Å². The molecule has 0 atom stereocenters. The quantitative estimate of drug-likeness (QED) is 0.232. The molecule has 0 saturated carbocycles. The number of aromatic nitrogens is 2. The maximum absolute atomic E-state index is 12.8. The molecule has 0 aliphatic heterocycles. The Balaban J connectivity index is 1.45. The standard InChI is InChI=1S/C22H16N4O7S/c27-17-10-8-16(9-11-17)20(28)24-23-14-15-6-12-18(13-7-15)32-21-22(26(29)33-25-21)34(30,31)19-4-2-1-3-5-19/h1-14,27H,(H,24,28)/b23-14+. The summed E-state index contributed by atoms with van der Waals surface area (Å²) in [7, 11) is -4.24. The van der Waals surface area contributed by atoms with Crippen LogP contribution in [0.5, 0.6) is 17.4 Å². The molecular formula is C22H16N4O7S. The number of ether oxygens (including phenoxy) is 1. The number of phenols is 1. The van der Waals surface area contributed by atoms with E-state index in [9.17, 15) is 23.5 Å². The highest BCUT2D eigenvalue weighted by Gasteiger charge is 2.36. The maximum atomic E-state index is 12.8. The molecule has 2 N–H and O–H groups in total. The molecule has 0 bridgehead atoms. The average Bonchev–Trinajstić information content (AvgIpc) is 3.21. The lowest BCUT2D eigenvalue weighted by molar-refractivity contribution is -0.832. The van der Waals surface area contributed by atoms with Crippen LogP contribution in [0.15, 0.2) is 98.5 Å². The van der Waals surface area contributed by atoms with Crippen molar-refractivity contribution >= 4 is 22.0 Å². The van der Waals surface area contributed by atoms with Crippen molar-refractivity contribution in [1.29, 1.82) is 0 Å².